The van der Waals surface area contributed by atoms with E-state index in [0.29, 0.717) is 24.8 Å². The lowest BCUT2D eigenvalue weighted by Crippen LogP contribution is -2.52. The molecule has 2 saturated heterocycles. The quantitative estimate of drug-likeness (QED) is 0.702. The summed E-state index contributed by atoms with van der Waals surface area (Å²) in [5.41, 5.74) is 0. The molecule has 0 spiro atoms. The van der Waals surface area contributed by atoms with Gasteiger partial charge in [0.15, 0.2) is 0 Å². The van der Waals surface area contributed by atoms with Crippen molar-refractivity contribution in [1.29, 1.82) is 0 Å². The van der Waals surface area contributed by atoms with Gasteiger partial charge in [-0.25, -0.2) is 0 Å². The van der Waals surface area contributed by atoms with Gasteiger partial charge in [0.2, 0.25) is 0 Å². The Kier molecular flexibility index (Phi) is 3.21. The number of rotatable bonds is 3. The SMILES string of the molecule is C=CCOC1C[C@H]2CCC[C@@H](C1)N2O. The van der Waals surface area contributed by atoms with Gasteiger partial charge in [0, 0.05) is 12.1 Å². The van der Waals surface area contributed by atoms with E-state index >= 15 is 0 Å². The number of fused-ring (bicyclic) bond motifs is 2. The lowest BCUT2D eigenvalue weighted by Gasteiger charge is -2.44. The van der Waals surface area contributed by atoms with Gasteiger partial charge in [-0.2, -0.15) is 5.06 Å². The van der Waals surface area contributed by atoms with Gasteiger partial charge in [0.25, 0.3) is 0 Å². The van der Waals surface area contributed by atoms with E-state index in [9.17, 15) is 5.21 Å². The van der Waals surface area contributed by atoms with Crippen molar-refractivity contribution >= 4 is 0 Å². The van der Waals surface area contributed by atoms with Crippen LogP contribution in [0.1, 0.15) is 32.1 Å². The minimum Gasteiger partial charge on any atom is -0.374 e. The number of hydrogen-bond donors (Lipinski definition) is 1. The van der Waals surface area contributed by atoms with E-state index in [1.54, 1.807) is 11.1 Å². The molecule has 3 heteroatoms. The summed E-state index contributed by atoms with van der Waals surface area (Å²) in [6, 6.07) is 0.662. The van der Waals surface area contributed by atoms with Crippen LogP contribution in [0.4, 0.5) is 0 Å². The Hall–Kier alpha value is -0.380. The molecule has 2 heterocycles. The molecule has 2 bridgehead atoms. The molecule has 0 aromatic heterocycles. The smallest absolute Gasteiger partial charge is 0.0648 e. The molecule has 2 aliphatic rings. The van der Waals surface area contributed by atoms with Crippen molar-refractivity contribution in [1.82, 2.24) is 5.06 Å². The lowest BCUT2D eigenvalue weighted by atomic mass is 9.85. The highest BCUT2D eigenvalue weighted by atomic mass is 16.5. The van der Waals surface area contributed by atoms with Crippen molar-refractivity contribution in [3.63, 3.8) is 0 Å². The zero-order valence-electron chi connectivity index (χ0n) is 8.56. The first-order chi connectivity index (χ1) is 6.81. The van der Waals surface area contributed by atoms with Crippen LogP contribution in [0.2, 0.25) is 0 Å². The summed E-state index contributed by atoms with van der Waals surface area (Å²) in [6.07, 6.45) is 7.54. The highest BCUT2D eigenvalue weighted by Gasteiger charge is 2.37. The summed E-state index contributed by atoms with van der Waals surface area (Å²) >= 11 is 0. The van der Waals surface area contributed by atoms with Crippen LogP contribution in [0.5, 0.6) is 0 Å². The minimum atomic E-state index is 0.326. The monoisotopic (exact) mass is 197 g/mol. The van der Waals surface area contributed by atoms with E-state index in [4.69, 9.17) is 4.74 Å². The van der Waals surface area contributed by atoms with Crippen molar-refractivity contribution in [2.75, 3.05) is 6.61 Å². The molecule has 0 amide bonds. The number of nitrogens with zero attached hydrogens (tertiary/aromatic N) is 1. The van der Waals surface area contributed by atoms with Crippen LogP contribution >= 0.6 is 0 Å². The van der Waals surface area contributed by atoms with Crippen LogP contribution in [0.25, 0.3) is 0 Å². The van der Waals surface area contributed by atoms with Crippen LogP contribution in [0.3, 0.4) is 0 Å². The normalized spacial score (nSPS) is 38.2. The van der Waals surface area contributed by atoms with Crippen molar-refractivity contribution in [3.05, 3.63) is 12.7 Å². The van der Waals surface area contributed by atoms with Crippen LogP contribution in [-0.4, -0.2) is 35.1 Å². The Bertz CT molecular complexity index is 193. The van der Waals surface area contributed by atoms with Crippen molar-refractivity contribution in [2.45, 2.75) is 50.3 Å². The maximum absolute atomic E-state index is 9.79. The van der Waals surface area contributed by atoms with Crippen LogP contribution < -0.4 is 0 Å². The summed E-state index contributed by atoms with van der Waals surface area (Å²) in [4.78, 5) is 0. The highest BCUT2D eigenvalue weighted by Crippen LogP contribution is 2.33. The first kappa shape index (κ1) is 10.1. The lowest BCUT2D eigenvalue weighted by molar-refractivity contribution is -0.214. The van der Waals surface area contributed by atoms with Crippen LogP contribution in [0, 0.1) is 0 Å². The van der Waals surface area contributed by atoms with Gasteiger partial charge in [-0.1, -0.05) is 12.5 Å². The van der Waals surface area contributed by atoms with Crippen molar-refractivity contribution in [3.8, 4) is 0 Å². The molecule has 0 radical (unpaired) electrons. The fourth-order valence-electron chi connectivity index (χ4n) is 2.65. The average Bonchev–Trinajstić information content (AvgIpc) is 2.15. The number of piperidine rings is 2. The van der Waals surface area contributed by atoms with E-state index < -0.39 is 0 Å². The van der Waals surface area contributed by atoms with Crippen molar-refractivity contribution < 1.29 is 9.94 Å². The fraction of sp³-hybridized carbons (Fsp3) is 0.818. The molecular weight excluding hydrogens is 178 g/mol. The van der Waals surface area contributed by atoms with E-state index in [0.717, 1.165) is 25.7 Å². The van der Waals surface area contributed by atoms with Gasteiger partial charge >= 0.3 is 0 Å². The highest BCUT2D eigenvalue weighted by molar-refractivity contribution is 4.89. The minimum absolute atomic E-state index is 0.326. The maximum atomic E-state index is 9.79. The number of hydrogen-bond acceptors (Lipinski definition) is 3. The Balaban J connectivity index is 1.90. The number of ether oxygens (including phenoxy) is 1. The second-order valence-corrected chi connectivity index (χ2v) is 4.33. The number of hydroxylamine groups is 2. The van der Waals surface area contributed by atoms with E-state index in [1.807, 2.05) is 0 Å². The van der Waals surface area contributed by atoms with Crippen LogP contribution in [-0.2, 0) is 4.74 Å². The Morgan fingerprint density at radius 1 is 1.36 bits per heavy atom. The summed E-state index contributed by atoms with van der Waals surface area (Å²) < 4.78 is 5.66. The fourth-order valence-corrected chi connectivity index (χ4v) is 2.65. The van der Waals surface area contributed by atoms with Gasteiger partial charge in [-0.05, 0) is 25.7 Å². The van der Waals surface area contributed by atoms with Gasteiger partial charge in [0.1, 0.15) is 0 Å². The molecule has 0 aromatic rings. The third kappa shape index (κ3) is 2.00. The zero-order valence-corrected chi connectivity index (χ0v) is 8.56. The third-order valence-electron chi connectivity index (χ3n) is 3.34. The topological polar surface area (TPSA) is 32.7 Å². The standard InChI is InChI=1S/C11H19NO2/c1-2-6-14-11-7-9-4-3-5-10(8-11)12(9)13/h2,9-11,13H,1,3-8H2/t9-,10+,11?. The zero-order chi connectivity index (χ0) is 9.97. The van der Waals surface area contributed by atoms with E-state index in [-0.39, 0.29) is 0 Å². The Morgan fingerprint density at radius 2 is 2.00 bits per heavy atom. The Morgan fingerprint density at radius 3 is 2.57 bits per heavy atom. The molecule has 2 rings (SSSR count). The van der Waals surface area contributed by atoms with Crippen molar-refractivity contribution in [2.24, 2.45) is 0 Å². The second-order valence-electron chi connectivity index (χ2n) is 4.33. The maximum Gasteiger partial charge on any atom is 0.0648 e. The first-order valence-electron chi connectivity index (χ1n) is 5.51. The molecule has 0 saturated carbocycles. The van der Waals surface area contributed by atoms with Gasteiger partial charge < -0.3 is 9.94 Å². The molecule has 2 aliphatic heterocycles. The van der Waals surface area contributed by atoms with E-state index in [2.05, 4.69) is 6.58 Å². The van der Waals surface area contributed by atoms with Gasteiger partial charge in [0.05, 0.1) is 12.7 Å². The predicted octanol–water partition coefficient (Wildman–Crippen LogP) is 1.96. The molecule has 3 nitrogen and oxygen atoms in total. The molecule has 2 fully saturated rings. The molecule has 14 heavy (non-hydrogen) atoms. The predicted molar refractivity (Wildman–Crippen MR) is 54.2 cm³/mol. The molecule has 0 aromatic carbocycles. The Labute approximate surface area is 85.3 Å². The summed E-state index contributed by atoms with van der Waals surface area (Å²) in [6.45, 7) is 4.28. The third-order valence-corrected chi connectivity index (χ3v) is 3.34. The molecule has 1 unspecified atom stereocenters. The summed E-state index contributed by atoms with van der Waals surface area (Å²) in [7, 11) is 0. The molecule has 80 valence electrons. The molecule has 1 N–H and O–H groups in total. The van der Waals surface area contributed by atoms with Crippen LogP contribution in [0.15, 0.2) is 12.7 Å². The largest absolute Gasteiger partial charge is 0.374 e. The first-order valence-corrected chi connectivity index (χ1v) is 5.51. The molecule has 0 aliphatic carbocycles. The molecular formula is C11H19NO2. The second kappa shape index (κ2) is 4.43. The average molecular weight is 197 g/mol. The molecule has 3 atom stereocenters. The summed E-state index contributed by atoms with van der Waals surface area (Å²) in [5, 5.41) is 11.4. The van der Waals surface area contributed by atoms with Gasteiger partial charge in [-0.15, -0.1) is 6.58 Å². The van der Waals surface area contributed by atoms with E-state index in [1.165, 1.54) is 6.42 Å². The summed E-state index contributed by atoms with van der Waals surface area (Å²) in [5.74, 6) is 0. The van der Waals surface area contributed by atoms with Gasteiger partial charge in [-0.3, -0.25) is 0 Å².